The van der Waals surface area contributed by atoms with Crippen LogP contribution in [-0.2, 0) is 0 Å². The molecule has 1 atom stereocenters. The first-order chi connectivity index (χ1) is 14.5. The molecule has 0 bridgehead atoms. The highest BCUT2D eigenvalue weighted by Gasteiger charge is 2.31. The zero-order chi connectivity index (χ0) is 21.1. The summed E-state index contributed by atoms with van der Waals surface area (Å²) in [6, 6.07) is 13.7. The van der Waals surface area contributed by atoms with Crippen molar-refractivity contribution in [3.8, 4) is 17.1 Å². The predicted octanol–water partition coefficient (Wildman–Crippen LogP) is 4.15. The number of thioether (sulfide) groups is 1. The summed E-state index contributed by atoms with van der Waals surface area (Å²) in [5.74, 6) is 1.04. The van der Waals surface area contributed by atoms with E-state index in [1.807, 2.05) is 4.57 Å². The number of ether oxygens (including phenoxy) is 1. The summed E-state index contributed by atoms with van der Waals surface area (Å²) in [4.78, 5) is 11.5. The Morgan fingerprint density at radius 3 is 2.80 bits per heavy atom. The molecule has 4 rings (SSSR count). The van der Waals surface area contributed by atoms with Crippen LogP contribution in [-0.4, -0.2) is 44.1 Å². The van der Waals surface area contributed by atoms with Crippen LogP contribution in [0.25, 0.3) is 11.4 Å². The van der Waals surface area contributed by atoms with Gasteiger partial charge in [-0.25, -0.2) is 4.39 Å². The molecule has 2 aromatic carbocycles. The number of hydrogen-bond donors (Lipinski definition) is 1. The van der Waals surface area contributed by atoms with Crippen molar-refractivity contribution in [3.63, 3.8) is 0 Å². The van der Waals surface area contributed by atoms with Crippen molar-refractivity contribution in [1.29, 1.82) is 0 Å². The lowest BCUT2D eigenvalue weighted by Crippen LogP contribution is -2.20. The first-order valence-corrected chi connectivity index (χ1v) is 10.8. The van der Waals surface area contributed by atoms with Crippen molar-refractivity contribution in [2.45, 2.75) is 37.1 Å². The van der Waals surface area contributed by atoms with Gasteiger partial charge in [-0.05, 0) is 44.0 Å². The number of carbonyl (C=O) groups is 1. The van der Waals surface area contributed by atoms with Crippen LogP contribution in [0, 0.1) is 5.82 Å². The number of halogens is 1. The van der Waals surface area contributed by atoms with E-state index in [9.17, 15) is 14.3 Å². The fourth-order valence-corrected chi connectivity index (χ4v) is 3.99. The molecule has 0 amide bonds. The standard InChI is InChI=1S/C22H22FN3O3S/c1-14(27)15-5-4-6-18(11-15)29-12-17(28)13-30-22-25-24-21(26(22)16-9-10-16)19-7-2-3-8-20(19)23/h2-8,11,16-17,28H,9-10,12-13H2,1H3/t17-/m0/s1. The van der Waals surface area contributed by atoms with Gasteiger partial charge in [0, 0.05) is 17.4 Å². The highest BCUT2D eigenvalue weighted by molar-refractivity contribution is 7.99. The van der Waals surface area contributed by atoms with Crippen molar-refractivity contribution in [2.75, 3.05) is 12.4 Å². The Kier molecular flexibility index (Phi) is 6.15. The Morgan fingerprint density at radius 2 is 2.07 bits per heavy atom. The number of benzene rings is 2. The minimum atomic E-state index is -0.739. The zero-order valence-corrected chi connectivity index (χ0v) is 17.3. The van der Waals surface area contributed by atoms with Crippen molar-refractivity contribution in [2.24, 2.45) is 0 Å². The minimum Gasteiger partial charge on any atom is -0.491 e. The molecule has 1 aromatic heterocycles. The molecule has 30 heavy (non-hydrogen) atoms. The van der Waals surface area contributed by atoms with Gasteiger partial charge in [-0.2, -0.15) is 0 Å². The molecule has 1 heterocycles. The van der Waals surface area contributed by atoms with Gasteiger partial charge in [-0.15, -0.1) is 10.2 Å². The second-order valence-corrected chi connectivity index (χ2v) is 8.23. The van der Waals surface area contributed by atoms with Crippen LogP contribution in [0.3, 0.4) is 0 Å². The topological polar surface area (TPSA) is 77.2 Å². The van der Waals surface area contributed by atoms with E-state index in [4.69, 9.17) is 4.74 Å². The third kappa shape index (κ3) is 4.71. The lowest BCUT2D eigenvalue weighted by Gasteiger charge is -2.13. The second-order valence-electron chi connectivity index (χ2n) is 7.25. The lowest BCUT2D eigenvalue weighted by atomic mass is 10.1. The smallest absolute Gasteiger partial charge is 0.191 e. The number of ketones is 1. The van der Waals surface area contributed by atoms with Crippen LogP contribution in [0.15, 0.2) is 53.7 Å². The minimum absolute atomic E-state index is 0.0402. The molecule has 0 radical (unpaired) electrons. The van der Waals surface area contributed by atoms with Crippen molar-refractivity contribution in [1.82, 2.24) is 14.8 Å². The quantitative estimate of drug-likeness (QED) is 0.408. The number of hydrogen-bond acceptors (Lipinski definition) is 6. The number of aliphatic hydroxyl groups is 1. The molecule has 0 unspecified atom stereocenters. The van der Waals surface area contributed by atoms with Gasteiger partial charge in [0.15, 0.2) is 16.8 Å². The number of aliphatic hydroxyl groups excluding tert-OH is 1. The number of aromatic nitrogens is 3. The third-order valence-electron chi connectivity index (χ3n) is 4.78. The molecule has 1 N–H and O–H groups in total. The van der Waals surface area contributed by atoms with E-state index in [0.717, 1.165) is 12.8 Å². The molecule has 1 aliphatic carbocycles. The second kappa shape index (κ2) is 8.97. The number of carbonyl (C=O) groups excluding carboxylic acids is 1. The van der Waals surface area contributed by atoms with Crippen LogP contribution in [0.5, 0.6) is 5.75 Å². The summed E-state index contributed by atoms with van der Waals surface area (Å²) in [6.07, 6.45) is 1.27. The Bertz CT molecular complexity index is 1050. The lowest BCUT2D eigenvalue weighted by molar-refractivity contribution is 0.101. The molecule has 156 valence electrons. The average molecular weight is 428 g/mol. The van der Waals surface area contributed by atoms with Crippen molar-refractivity contribution >= 4 is 17.5 Å². The summed E-state index contributed by atoms with van der Waals surface area (Å²) < 4.78 is 21.8. The summed E-state index contributed by atoms with van der Waals surface area (Å²) in [7, 11) is 0. The largest absolute Gasteiger partial charge is 0.491 e. The molecule has 0 saturated heterocycles. The SMILES string of the molecule is CC(=O)c1cccc(OC[C@H](O)CSc2nnc(-c3ccccc3F)n2C2CC2)c1. The van der Waals surface area contributed by atoms with Crippen LogP contribution in [0.1, 0.15) is 36.2 Å². The number of rotatable bonds is 9. The van der Waals surface area contributed by atoms with Crippen LogP contribution in [0.2, 0.25) is 0 Å². The molecule has 1 aliphatic rings. The van der Waals surface area contributed by atoms with E-state index in [0.29, 0.717) is 33.6 Å². The molecule has 8 heteroatoms. The molecule has 0 aliphatic heterocycles. The Labute approximate surface area is 178 Å². The third-order valence-corrected chi connectivity index (χ3v) is 5.87. The van der Waals surface area contributed by atoms with E-state index in [1.165, 1.54) is 24.8 Å². The molecule has 0 spiro atoms. The molecular weight excluding hydrogens is 405 g/mol. The van der Waals surface area contributed by atoms with Gasteiger partial charge >= 0.3 is 0 Å². The van der Waals surface area contributed by atoms with E-state index in [-0.39, 0.29) is 24.2 Å². The maximum absolute atomic E-state index is 14.2. The predicted molar refractivity (Wildman–Crippen MR) is 112 cm³/mol. The van der Waals surface area contributed by atoms with Gasteiger partial charge in [-0.1, -0.05) is 36.0 Å². The molecular formula is C22H22FN3O3S. The van der Waals surface area contributed by atoms with Crippen LogP contribution < -0.4 is 4.74 Å². The van der Waals surface area contributed by atoms with E-state index < -0.39 is 6.10 Å². The summed E-state index contributed by atoms with van der Waals surface area (Å²) >= 11 is 1.37. The molecule has 6 nitrogen and oxygen atoms in total. The Morgan fingerprint density at radius 1 is 1.27 bits per heavy atom. The molecule has 1 fully saturated rings. The monoisotopic (exact) mass is 427 g/mol. The highest BCUT2D eigenvalue weighted by atomic mass is 32.2. The maximum atomic E-state index is 14.2. The maximum Gasteiger partial charge on any atom is 0.191 e. The summed E-state index contributed by atoms with van der Waals surface area (Å²) in [5.41, 5.74) is 0.993. The normalized spacial score (nSPS) is 14.5. The van der Waals surface area contributed by atoms with Gasteiger partial charge in [0.2, 0.25) is 0 Å². The zero-order valence-electron chi connectivity index (χ0n) is 16.5. The summed E-state index contributed by atoms with van der Waals surface area (Å²) in [5, 5.41) is 19.4. The van der Waals surface area contributed by atoms with Gasteiger partial charge in [0.25, 0.3) is 0 Å². The number of Topliss-reactive ketones (excluding diaryl/α,β-unsaturated/α-hetero) is 1. The van der Waals surface area contributed by atoms with Crippen molar-refractivity contribution < 1.29 is 19.0 Å². The van der Waals surface area contributed by atoms with Crippen molar-refractivity contribution in [3.05, 3.63) is 59.9 Å². The van der Waals surface area contributed by atoms with E-state index in [1.54, 1.807) is 42.5 Å². The first kappa shape index (κ1) is 20.6. The van der Waals surface area contributed by atoms with Gasteiger partial charge in [0.05, 0.1) is 11.7 Å². The average Bonchev–Trinajstić information content (AvgIpc) is 3.50. The van der Waals surface area contributed by atoms with Gasteiger partial charge < -0.3 is 9.84 Å². The molecule has 3 aromatic rings. The van der Waals surface area contributed by atoms with Gasteiger partial charge in [0.1, 0.15) is 18.2 Å². The van der Waals surface area contributed by atoms with Crippen LogP contribution in [0.4, 0.5) is 4.39 Å². The van der Waals surface area contributed by atoms with E-state index in [2.05, 4.69) is 10.2 Å². The van der Waals surface area contributed by atoms with E-state index >= 15 is 0 Å². The summed E-state index contributed by atoms with van der Waals surface area (Å²) in [6.45, 7) is 1.59. The van der Waals surface area contributed by atoms with Crippen LogP contribution >= 0.6 is 11.8 Å². The Balaban J connectivity index is 1.40. The fraction of sp³-hybridized carbons (Fsp3) is 0.318. The van der Waals surface area contributed by atoms with Gasteiger partial charge in [-0.3, -0.25) is 9.36 Å². The Hall–Kier alpha value is -2.71. The fourth-order valence-electron chi connectivity index (χ4n) is 3.08. The first-order valence-electron chi connectivity index (χ1n) is 9.77. The molecule has 1 saturated carbocycles. The number of nitrogens with zero attached hydrogens (tertiary/aromatic N) is 3. The highest BCUT2D eigenvalue weighted by Crippen LogP contribution is 2.41.